The third kappa shape index (κ3) is 5.01. The van der Waals surface area contributed by atoms with Crippen LogP contribution >= 0.6 is 0 Å². The van der Waals surface area contributed by atoms with E-state index in [2.05, 4.69) is 55.7 Å². The van der Waals surface area contributed by atoms with E-state index in [0.717, 1.165) is 6.54 Å². The van der Waals surface area contributed by atoms with Gasteiger partial charge in [-0.15, -0.1) is 0 Å². The van der Waals surface area contributed by atoms with Crippen LogP contribution in [0.1, 0.15) is 45.1 Å². The largest absolute Gasteiger partial charge is 0.387 e. The Kier molecular flexibility index (Phi) is 6.39. The maximum absolute atomic E-state index is 3.41. The summed E-state index contributed by atoms with van der Waals surface area (Å²) in [5.74, 6) is 0. The van der Waals surface area contributed by atoms with Crippen LogP contribution in [0.2, 0.25) is 0 Å². The predicted octanol–water partition coefficient (Wildman–Crippen LogP) is 4.26. The second kappa shape index (κ2) is 7.98. The highest BCUT2D eigenvalue weighted by molar-refractivity contribution is 5.15. The fourth-order valence-electron chi connectivity index (χ4n) is 1.82. The molecule has 0 aliphatic rings. The van der Waals surface area contributed by atoms with Gasteiger partial charge >= 0.3 is 0 Å². The van der Waals surface area contributed by atoms with Crippen LogP contribution in [0, 0.1) is 0 Å². The Morgan fingerprint density at radius 3 is 2.25 bits per heavy atom. The van der Waals surface area contributed by atoms with E-state index < -0.39 is 0 Å². The van der Waals surface area contributed by atoms with Crippen LogP contribution in [0.25, 0.3) is 0 Å². The van der Waals surface area contributed by atoms with E-state index in [1.54, 1.807) is 5.57 Å². The van der Waals surface area contributed by atoms with Crippen molar-refractivity contribution in [1.29, 1.82) is 0 Å². The average Bonchev–Trinajstić information content (AvgIpc) is 2.31. The molecule has 16 heavy (non-hydrogen) atoms. The monoisotopic (exact) mass is 217 g/mol. The molecule has 0 aliphatic carbocycles. The van der Waals surface area contributed by atoms with Crippen LogP contribution in [0.4, 0.5) is 0 Å². The molecule has 88 valence electrons. The van der Waals surface area contributed by atoms with Gasteiger partial charge in [0.05, 0.1) is 0 Å². The van der Waals surface area contributed by atoms with E-state index in [0.29, 0.717) is 0 Å². The zero-order chi connectivity index (χ0) is 11.6. The zero-order valence-electron chi connectivity index (χ0n) is 10.5. The van der Waals surface area contributed by atoms with Crippen molar-refractivity contribution in [2.45, 2.75) is 46.1 Å². The molecule has 1 N–H and O–H groups in total. The summed E-state index contributed by atoms with van der Waals surface area (Å²) < 4.78 is 0. The average molecular weight is 217 g/mol. The summed E-state index contributed by atoms with van der Waals surface area (Å²) in [7, 11) is 0. The van der Waals surface area contributed by atoms with E-state index in [1.807, 2.05) is 0 Å². The standard InChI is InChI=1S/C15H23N/c1-3-8-14(9-4-2)12-16-13-15-10-6-5-7-11-15/h5-7,10-12,16H,3-4,8-9,13H2,1-2H3. The first-order chi connectivity index (χ1) is 7.86. The first kappa shape index (κ1) is 12.8. The van der Waals surface area contributed by atoms with Crippen molar-refractivity contribution >= 4 is 0 Å². The molecule has 0 aromatic heterocycles. The number of hydrogen-bond acceptors (Lipinski definition) is 1. The Balaban J connectivity index is 2.38. The van der Waals surface area contributed by atoms with E-state index in [-0.39, 0.29) is 0 Å². The minimum Gasteiger partial charge on any atom is -0.387 e. The van der Waals surface area contributed by atoms with Gasteiger partial charge in [0, 0.05) is 6.54 Å². The zero-order valence-corrected chi connectivity index (χ0v) is 10.5. The van der Waals surface area contributed by atoms with Gasteiger partial charge in [-0.2, -0.15) is 0 Å². The van der Waals surface area contributed by atoms with Gasteiger partial charge < -0.3 is 5.32 Å². The Hall–Kier alpha value is -1.24. The molecule has 0 atom stereocenters. The lowest BCUT2D eigenvalue weighted by atomic mass is 10.1. The second-order valence-corrected chi connectivity index (χ2v) is 4.17. The molecular formula is C15H23N. The smallest absolute Gasteiger partial charge is 0.0395 e. The van der Waals surface area contributed by atoms with Gasteiger partial charge in [-0.3, -0.25) is 0 Å². The number of benzene rings is 1. The summed E-state index contributed by atoms with van der Waals surface area (Å²) >= 11 is 0. The van der Waals surface area contributed by atoms with Crippen molar-refractivity contribution < 1.29 is 0 Å². The lowest BCUT2D eigenvalue weighted by Crippen LogP contribution is -2.06. The molecule has 1 heteroatoms. The minimum absolute atomic E-state index is 0.928. The number of nitrogens with one attached hydrogen (secondary N) is 1. The van der Waals surface area contributed by atoms with Gasteiger partial charge in [0.2, 0.25) is 0 Å². The normalized spacial score (nSPS) is 9.88. The SMILES string of the molecule is CCCC(=CNCc1ccccc1)CCC. The molecule has 0 saturated carbocycles. The van der Waals surface area contributed by atoms with Crippen molar-refractivity contribution in [3.05, 3.63) is 47.7 Å². The highest BCUT2D eigenvalue weighted by atomic mass is 14.8. The summed E-state index contributed by atoms with van der Waals surface area (Å²) in [6.07, 6.45) is 7.11. The molecule has 0 spiro atoms. The van der Waals surface area contributed by atoms with E-state index in [1.165, 1.54) is 31.2 Å². The molecule has 1 aromatic carbocycles. The van der Waals surface area contributed by atoms with Crippen LogP contribution in [-0.4, -0.2) is 0 Å². The van der Waals surface area contributed by atoms with E-state index in [9.17, 15) is 0 Å². The van der Waals surface area contributed by atoms with Crippen molar-refractivity contribution in [2.24, 2.45) is 0 Å². The molecule has 0 fully saturated rings. The van der Waals surface area contributed by atoms with Crippen molar-refractivity contribution in [3.8, 4) is 0 Å². The predicted molar refractivity (Wildman–Crippen MR) is 71.2 cm³/mol. The van der Waals surface area contributed by atoms with Crippen molar-refractivity contribution in [3.63, 3.8) is 0 Å². The Morgan fingerprint density at radius 1 is 1.06 bits per heavy atom. The fraction of sp³-hybridized carbons (Fsp3) is 0.467. The summed E-state index contributed by atoms with van der Waals surface area (Å²) in [6, 6.07) is 10.5. The van der Waals surface area contributed by atoms with Gasteiger partial charge in [0.15, 0.2) is 0 Å². The van der Waals surface area contributed by atoms with Crippen LogP contribution in [0.15, 0.2) is 42.1 Å². The Bertz CT molecular complexity index is 292. The molecule has 0 amide bonds. The van der Waals surface area contributed by atoms with Gasteiger partial charge in [0.25, 0.3) is 0 Å². The summed E-state index contributed by atoms with van der Waals surface area (Å²) in [4.78, 5) is 0. The molecule has 0 heterocycles. The van der Waals surface area contributed by atoms with Crippen LogP contribution in [-0.2, 0) is 6.54 Å². The summed E-state index contributed by atoms with van der Waals surface area (Å²) in [6.45, 7) is 5.40. The summed E-state index contributed by atoms with van der Waals surface area (Å²) in [5.41, 5.74) is 2.88. The molecule has 0 bridgehead atoms. The highest BCUT2D eigenvalue weighted by Gasteiger charge is 1.94. The van der Waals surface area contributed by atoms with Crippen molar-refractivity contribution in [2.75, 3.05) is 0 Å². The molecule has 0 aliphatic heterocycles. The van der Waals surface area contributed by atoms with Gasteiger partial charge in [0.1, 0.15) is 0 Å². The first-order valence-corrected chi connectivity index (χ1v) is 6.32. The van der Waals surface area contributed by atoms with Gasteiger partial charge in [-0.1, -0.05) is 62.6 Å². The number of hydrogen-bond donors (Lipinski definition) is 1. The lowest BCUT2D eigenvalue weighted by molar-refractivity contribution is 0.769. The molecule has 1 aromatic rings. The highest BCUT2D eigenvalue weighted by Crippen LogP contribution is 2.10. The fourth-order valence-corrected chi connectivity index (χ4v) is 1.82. The molecular weight excluding hydrogens is 194 g/mol. The minimum atomic E-state index is 0.928. The van der Waals surface area contributed by atoms with Gasteiger partial charge in [-0.05, 0) is 24.6 Å². The Morgan fingerprint density at radius 2 is 1.69 bits per heavy atom. The third-order valence-corrected chi connectivity index (χ3v) is 2.60. The first-order valence-electron chi connectivity index (χ1n) is 6.32. The number of rotatable bonds is 7. The summed E-state index contributed by atoms with van der Waals surface area (Å²) in [5, 5.41) is 3.41. The van der Waals surface area contributed by atoms with Gasteiger partial charge in [-0.25, -0.2) is 0 Å². The van der Waals surface area contributed by atoms with Crippen LogP contribution in [0.3, 0.4) is 0 Å². The van der Waals surface area contributed by atoms with E-state index in [4.69, 9.17) is 0 Å². The second-order valence-electron chi connectivity index (χ2n) is 4.17. The number of allylic oxidation sites excluding steroid dienone is 1. The van der Waals surface area contributed by atoms with Crippen LogP contribution in [0.5, 0.6) is 0 Å². The maximum Gasteiger partial charge on any atom is 0.0395 e. The molecule has 0 saturated heterocycles. The third-order valence-electron chi connectivity index (χ3n) is 2.60. The quantitative estimate of drug-likeness (QED) is 0.719. The maximum atomic E-state index is 3.41. The molecule has 0 radical (unpaired) electrons. The molecule has 1 rings (SSSR count). The molecule has 0 unspecified atom stereocenters. The molecule has 1 nitrogen and oxygen atoms in total. The lowest BCUT2D eigenvalue weighted by Gasteiger charge is -2.06. The Labute approximate surface area is 99.6 Å². The topological polar surface area (TPSA) is 12.0 Å². The van der Waals surface area contributed by atoms with E-state index >= 15 is 0 Å². The van der Waals surface area contributed by atoms with Crippen LogP contribution < -0.4 is 5.32 Å². The van der Waals surface area contributed by atoms with Crippen molar-refractivity contribution in [1.82, 2.24) is 5.32 Å².